The van der Waals surface area contributed by atoms with Gasteiger partial charge in [-0.2, -0.15) is 9.78 Å². The van der Waals surface area contributed by atoms with Crippen LogP contribution in [0.4, 0.5) is 11.5 Å². The second-order valence-electron chi connectivity index (χ2n) is 6.00. The molecule has 0 amide bonds. The fourth-order valence-corrected chi connectivity index (χ4v) is 2.39. The van der Waals surface area contributed by atoms with Gasteiger partial charge in [0.15, 0.2) is 5.82 Å². The van der Waals surface area contributed by atoms with Crippen LogP contribution in [0.1, 0.15) is 38.4 Å². The highest BCUT2D eigenvalue weighted by Crippen LogP contribution is 2.24. The quantitative estimate of drug-likeness (QED) is 0.740. The van der Waals surface area contributed by atoms with Crippen molar-refractivity contribution < 1.29 is 0 Å². The first-order valence-electron chi connectivity index (χ1n) is 8.28. The predicted molar refractivity (Wildman–Crippen MR) is 105 cm³/mol. The Hall–Kier alpha value is -2.89. The van der Waals surface area contributed by atoms with Gasteiger partial charge >= 0.3 is 0 Å². The third-order valence-electron chi connectivity index (χ3n) is 4.08. The maximum Gasteiger partial charge on any atom is 0.155 e. The second-order valence-corrected chi connectivity index (χ2v) is 6.00. The minimum absolute atomic E-state index is 0.469. The Balaban J connectivity index is 2.51. The Morgan fingerprint density at radius 2 is 2.12 bits per heavy atom. The molecular formula is C19H26N6. The van der Waals surface area contributed by atoms with E-state index in [1.807, 2.05) is 37.2 Å². The third-order valence-corrected chi connectivity index (χ3v) is 4.08. The topological polar surface area (TPSA) is 69.8 Å². The molecule has 6 heteroatoms. The number of aromatic nitrogens is 3. The molecule has 2 aromatic rings. The summed E-state index contributed by atoms with van der Waals surface area (Å²) < 4.78 is 1.75. The number of hydrogen-bond donors (Lipinski definition) is 2. The molecule has 2 rings (SSSR count). The standard InChI is InChI=1S/C19H26N6/c1-7-13(3)11-22-19-18(14(4)20)15(5)23-25(19)17-10-9-16(12-21-17)24(6)8-2/h8-12,20,22H,2,7H2,1,3-6H3/b13-11+,20-14?. The number of nitrogens with zero attached hydrogens (tertiary/aromatic N) is 4. The molecule has 0 saturated carbocycles. The fraction of sp³-hybridized carbons (Fsp3) is 0.316. The summed E-state index contributed by atoms with van der Waals surface area (Å²) in [6.07, 6.45) is 6.43. The summed E-state index contributed by atoms with van der Waals surface area (Å²) in [4.78, 5) is 6.41. The maximum atomic E-state index is 8.09. The highest BCUT2D eigenvalue weighted by molar-refractivity contribution is 6.02. The molecule has 6 nitrogen and oxygen atoms in total. The lowest BCUT2D eigenvalue weighted by Crippen LogP contribution is -2.09. The Morgan fingerprint density at radius 1 is 1.40 bits per heavy atom. The fourth-order valence-electron chi connectivity index (χ4n) is 2.39. The van der Waals surface area contributed by atoms with Crippen LogP contribution in [0.3, 0.4) is 0 Å². The van der Waals surface area contributed by atoms with Gasteiger partial charge in [0.05, 0.1) is 23.1 Å². The molecule has 0 bridgehead atoms. The van der Waals surface area contributed by atoms with Gasteiger partial charge in [-0.05, 0) is 45.5 Å². The third kappa shape index (κ3) is 3.96. The van der Waals surface area contributed by atoms with Gasteiger partial charge in [0.25, 0.3) is 0 Å². The summed E-state index contributed by atoms with van der Waals surface area (Å²) in [5.74, 6) is 1.46. The van der Waals surface area contributed by atoms with Crippen LogP contribution in [-0.2, 0) is 0 Å². The van der Waals surface area contributed by atoms with Crippen LogP contribution in [0.5, 0.6) is 0 Å². The van der Waals surface area contributed by atoms with Gasteiger partial charge in [0, 0.05) is 19.0 Å². The van der Waals surface area contributed by atoms with Gasteiger partial charge in [-0.3, -0.25) is 0 Å². The molecule has 0 radical (unpaired) electrons. The Bertz CT molecular complexity index is 798. The molecule has 0 fully saturated rings. The van der Waals surface area contributed by atoms with E-state index in [9.17, 15) is 0 Å². The highest BCUT2D eigenvalue weighted by atomic mass is 15.4. The molecule has 0 saturated heterocycles. The van der Waals surface area contributed by atoms with Crippen molar-refractivity contribution in [3.8, 4) is 5.82 Å². The zero-order valence-corrected chi connectivity index (χ0v) is 15.6. The van der Waals surface area contributed by atoms with E-state index in [0.717, 1.165) is 29.2 Å². The van der Waals surface area contributed by atoms with E-state index in [2.05, 4.69) is 35.8 Å². The van der Waals surface area contributed by atoms with Gasteiger partial charge in [-0.1, -0.05) is 19.1 Å². The van der Waals surface area contributed by atoms with E-state index in [0.29, 0.717) is 11.5 Å². The van der Waals surface area contributed by atoms with Crippen molar-refractivity contribution in [2.24, 2.45) is 0 Å². The molecular weight excluding hydrogens is 312 g/mol. The number of nitrogens with one attached hydrogen (secondary N) is 2. The second kappa shape index (κ2) is 7.79. The number of rotatable bonds is 7. The van der Waals surface area contributed by atoms with Crippen LogP contribution in [-0.4, -0.2) is 27.5 Å². The highest BCUT2D eigenvalue weighted by Gasteiger charge is 2.18. The van der Waals surface area contributed by atoms with Gasteiger partial charge < -0.3 is 15.6 Å². The SMILES string of the molecule is C=CN(C)c1ccc(-n2nc(C)c(C(C)=N)c2N/C=C(\C)CC)nc1. The van der Waals surface area contributed by atoms with Gasteiger partial charge in [0.1, 0.15) is 5.82 Å². The Labute approximate surface area is 149 Å². The number of pyridine rings is 1. The molecule has 0 spiro atoms. The average molecular weight is 338 g/mol. The van der Waals surface area contributed by atoms with Crippen molar-refractivity contribution in [3.05, 3.63) is 54.1 Å². The summed E-state index contributed by atoms with van der Waals surface area (Å²) in [5.41, 5.74) is 4.23. The lowest BCUT2D eigenvalue weighted by molar-refractivity contribution is 0.838. The van der Waals surface area contributed by atoms with Crippen molar-refractivity contribution in [2.75, 3.05) is 17.3 Å². The van der Waals surface area contributed by atoms with E-state index in [4.69, 9.17) is 5.41 Å². The van der Waals surface area contributed by atoms with Crippen molar-refractivity contribution in [2.45, 2.75) is 34.1 Å². The Kier molecular flexibility index (Phi) is 5.75. The van der Waals surface area contributed by atoms with Gasteiger partial charge in [-0.25, -0.2) is 4.98 Å². The molecule has 0 atom stereocenters. The minimum atomic E-state index is 0.469. The van der Waals surface area contributed by atoms with Crippen LogP contribution >= 0.6 is 0 Å². The van der Waals surface area contributed by atoms with Crippen LogP contribution in [0, 0.1) is 12.3 Å². The van der Waals surface area contributed by atoms with E-state index in [-0.39, 0.29) is 0 Å². The summed E-state index contributed by atoms with van der Waals surface area (Å²) in [5, 5.41) is 16.0. The van der Waals surface area contributed by atoms with Crippen molar-refractivity contribution in [1.29, 1.82) is 5.41 Å². The summed E-state index contributed by atoms with van der Waals surface area (Å²) in [6, 6.07) is 3.88. The number of hydrogen-bond acceptors (Lipinski definition) is 5. The summed E-state index contributed by atoms with van der Waals surface area (Å²) in [7, 11) is 1.92. The normalized spacial score (nSPS) is 11.3. The molecule has 25 heavy (non-hydrogen) atoms. The molecule has 132 valence electrons. The molecule has 0 aliphatic carbocycles. The van der Waals surface area contributed by atoms with Crippen molar-refractivity contribution in [1.82, 2.24) is 14.8 Å². The lowest BCUT2D eigenvalue weighted by atomic mass is 10.1. The van der Waals surface area contributed by atoms with E-state index in [1.165, 1.54) is 5.57 Å². The zero-order valence-electron chi connectivity index (χ0n) is 15.6. The molecule has 0 unspecified atom stereocenters. The van der Waals surface area contributed by atoms with E-state index in [1.54, 1.807) is 24.0 Å². The van der Waals surface area contributed by atoms with Crippen LogP contribution < -0.4 is 10.2 Å². The first kappa shape index (κ1) is 18.4. The molecule has 2 heterocycles. The van der Waals surface area contributed by atoms with Crippen LogP contribution in [0.15, 0.2) is 42.9 Å². The summed E-state index contributed by atoms with van der Waals surface area (Å²) >= 11 is 0. The predicted octanol–water partition coefficient (Wildman–Crippen LogP) is 4.27. The number of allylic oxidation sites excluding steroid dienone is 1. The largest absolute Gasteiger partial charge is 0.350 e. The first-order valence-corrected chi connectivity index (χ1v) is 8.28. The number of anilines is 2. The first-order chi connectivity index (χ1) is 11.9. The minimum Gasteiger partial charge on any atom is -0.350 e. The van der Waals surface area contributed by atoms with Crippen molar-refractivity contribution in [3.63, 3.8) is 0 Å². The average Bonchev–Trinajstić information content (AvgIpc) is 2.95. The zero-order chi connectivity index (χ0) is 18.6. The summed E-state index contributed by atoms with van der Waals surface area (Å²) in [6.45, 7) is 11.6. The molecule has 0 aliphatic rings. The molecule has 0 aliphatic heterocycles. The van der Waals surface area contributed by atoms with Gasteiger partial charge in [0.2, 0.25) is 0 Å². The van der Waals surface area contributed by atoms with Crippen LogP contribution in [0.25, 0.3) is 5.82 Å². The molecule has 2 N–H and O–H groups in total. The molecule has 0 aromatic carbocycles. The Morgan fingerprint density at radius 3 is 2.64 bits per heavy atom. The van der Waals surface area contributed by atoms with Crippen molar-refractivity contribution >= 4 is 17.2 Å². The monoisotopic (exact) mass is 338 g/mol. The van der Waals surface area contributed by atoms with E-state index >= 15 is 0 Å². The lowest BCUT2D eigenvalue weighted by Gasteiger charge is -2.14. The van der Waals surface area contributed by atoms with Crippen LogP contribution in [0.2, 0.25) is 0 Å². The number of aryl methyl sites for hydroxylation is 1. The van der Waals surface area contributed by atoms with E-state index < -0.39 is 0 Å². The molecule has 2 aromatic heterocycles. The maximum absolute atomic E-state index is 8.09. The smallest absolute Gasteiger partial charge is 0.155 e. The van der Waals surface area contributed by atoms with Gasteiger partial charge in [-0.15, -0.1) is 0 Å².